The summed E-state index contributed by atoms with van der Waals surface area (Å²) in [6, 6.07) is 6.46. The third-order valence-corrected chi connectivity index (χ3v) is 2.61. The molecule has 0 radical (unpaired) electrons. The molecule has 0 aliphatic rings. The van der Waals surface area contributed by atoms with Crippen LogP contribution in [0.1, 0.15) is 18.9 Å². The first-order chi connectivity index (χ1) is 10.0. The minimum Gasteiger partial charge on any atom is -0.438 e. The van der Waals surface area contributed by atoms with E-state index in [2.05, 4.69) is 15.3 Å². The van der Waals surface area contributed by atoms with Crippen molar-refractivity contribution in [2.45, 2.75) is 19.5 Å². The Morgan fingerprint density at radius 2 is 1.95 bits per heavy atom. The molecule has 2 aromatic rings. The molecule has 112 valence electrons. The van der Waals surface area contributed by atoms with Crippen LogP contribution in [0.15, 0.2) is 36.7 Å². The number of nitrogens with zero attached hydrogens (tertiary/aromatic N) is 2. The van der Waals surface area contributed by atoms with Gasteiger partial charge in [0.2, 0.25) is 5.88 Å². The molecule has 0 fully saturated rings. The molecule has 2 rings (SSSR count). The van der Waals surface area contributed by atoms with Crippen molar-refractivity contribution in [3.63, 3.8) is 0 Å². The van der Waals surface area contributed by atoms with Crippen LogP contribution in [0.5, 0.6) is 11.6 Å². The lowest BCUT2D eigenvalue weighted by Gasteiger charge is -2.13. The van der Waals surface area contributed by atoms with Crippen molar-refractivity contribution in [3.8, 4) is 11.6 Å². The zero-order chi connectivity index (χ0) is 15.3. The summed E-state index contributed by atoms with van der Waals surface area (Å²) < 4.78 is 43.9. The Morgan fingerprint density at radius 3 is 2.67 bits per heavy atom. The number of anilines is 1. The lowest BCUT2D eigenvalue weighted by Crippen LogP contribution is -2.07. The molecule has 0 aliphatic heterocycles. The van der Waals surface area contributed by atoms with Crippen molar-refractivity contribution < 1.29 is 17.9 Å². The fraction of sp³-hybridized carbons (Fsp3) is 0.286. The number of para-hydroxylation sites is 1. The van der Waals surface area contributed by atoms with E-state index in [1.807, 2.05) is 6.92 Å². The molecular formula is C14H14F3N3O. The Morgan fingerprint density at radius 1 is 1.19 bits per heavy atom. The summed E-state index contributed by atoms with van der Waals surface area (Å²) in [5.41, 5.74) is -0.841. The number of benzene rings is 1. The maximum Gasteiger partial charge on any atom is 0.419 e. The van der Waals surface area contributed by atoms with Crippen LogP contribution in [0.2, 0.25) is 0 Å². The molecule has 0 aliphatic carbocycles. The number of nitrogens with one attached hydrogen (secondary N) is 1. The summed E-state index contributed by atoms with van der Waals surface area (Å²) in [4.78, 5) is 7.79. The second-order valence-electron chi connectivity index (χ2n) is 4.26. The lowest BCUT2D eigenvalue weighted by molar-refractivity contribution is -0.138. The van der Waals surface area contributed by atoms with E-state index in [0.717, 1.165) is 12.5 Å². The van der Waals surface area contributed by atoms with Crippen molar-refractivity contribution >= 4 is 5.82 Å². The monoisotopic (exact) mass is 297 g/mol. The molecule has 0 amide bonds. The Kier molecular flexibility index (Phi) is 4.62. The van der Waals surface area contributed by atoms with Gasteiger partial charge in [-0.25, -0.2) is 9.97 Å². The smallest absolute Gasteiger partial charge is 0.419 e. The molecule has 0 atom stereocenters. The second-order valence-corrected chi connectivity index (χ2v) is 4.26. The first kappa shape index (κ1) is 15.1. The van der Waals surface area contributed by atoms with Gasteiger partial charge in [-0.1, -0.05) is 19.1 Å². The van der Waals surface area contributed by atoms with Gasteiger partial charge in [0.05, 0.1) is 5.56 Å². The van der Waals surface area contributed by atoms with E-state index < -0.39 is 11.7 Å². The van der Waals surface area contributed by atoms with Crippen molar-refractivity contribution in [1.29, 1.82) is 0 Å². The van der Waals surface area contributed by atoms with Gasteiger partial charge in [-0.2, -0.15) is 13.2 Å². The van der Waals surface area contributed by atoms with E-state index in [1.165, 1.54) is 30.6 Å². The molecule has 7 heteroatoms. The largest absolute Gasteiger partial charge is 0.438 e. The van der Waals surface area contributed by atoms with Crippen LogP contribution in [0.3, 0.4) is 0 Å². The molecule has 4 nitrogen and oxygen atoms in total. The van der Waals surface area contributed by atoms with Gasteiger partial charge in [0.15, 0.2) is 0 Å². The van der Waals surface area contributed by atoms with Crippen LogP contribution in [-0.2, 0) is 6.18 Å². The molecule has 0 saturated heterocycles. The molecule has 0 spiro atoms. The zero-order valence-electron chi connectivity index (χ0n) is 11.3. The van der Waals surface area contributed by atoms with E-state index in [0.29, 0.717) is 12.4 Å². The van der Waals surface area contributed by atoms with Crippen molar-refractivity contribution in [1.82, 2.24) is 9.97 Å². The predicted molar refractivity (Wildman–Crippen MR) is 72.3 cm³/mol. The summed E-state index contributed by atoms with van der Waals surface area (Å²) in [6.07, 6.45) is -2.34. The van der Waals surface area contributed by atoms with E-state index in [9.17, 15) is 13.2 Å². The zero-order valence-corrected chi connectivity index (χ0v) is 11.3. The minimum atomic E-state index is -4.48. The number of rotatable bonds is 5. The lowest BCUT2D eigenvalue weighted by atomic mass is 10.2. The number of hydrogen-bond donors (Lipinski definition) is 1. The van der Waals surface area contributed by atoms with Crippen LogP contribution in [0.4, 0.5) is 19.0 Å². The fourth-order valence-electron chi connectivity index (χ4n) is 1.65. The average Bonchev–Trinajstić information content (AvgIpc) is 2.45. The fourth-order valence-corrected chi connectivity index (χ4v) is 1.65. The molecular weight excluding hydrogens is 283 g/mol. The van der Waals surface area contributed by atoms with Gasteiger partial charge in [-0.05, 0) is 18.6 Å². The Balaban J connectivity index is 2.23. The van der Waals surface area contributed by atoms with Crippen molar-refractivity contribution in [2.75, 3.05) is 11.9 Å². The van der Waals surface area contributed by atoms with Crippen LogP contribution >= 0.6 is 0 Å². The van der Waals surface area contributed by atoms with Crippen LogP contribution in [0.25, 0.3) is 0 Å². The van der Waals surface area contributed by atoms with Gasteiger partial charge in [-0.15, -0.1) is 0 Å². The molecule has 0 saturated carbocycles. The van der Waals surface area contributed by atoms with Gasteiger partial charge in [0.25, 0.3) is 0 Å². The minimum absolute atomic E-state index is 0.0558. The van der Waals surface area contributed by atoms with Crippen LogP contribution in [-0.4, -0.2) is 16.5 Å². The predicted octanol–water partition coefficient (Wildman–Crippen LogP) is 4.11. The van der Waals surface area contributed by atoms with Crippen molar-refractivity contribution in [3.05, 3.63) is 42.2 Å². The Bertz CT molecular complexity index is 602. The SMILES string of the molecule is CCCNc1cc(Oc2ccccc2C(F)(F)F)ncn1. The molecule has 1 heterocycles. The first-order valence-electron chi connectivity index (χ1n) is 6.40. The van der Waals surface area contributed by atoms with Gasteiger partial charge in [-0.3, -0.25) is 0 Å². The normalized spacial score (nSPS) is 11.2. The van der Waals surface area contributed by atoms with Crippen LogP contribution < -0.4 is 10.1 Å². The second kappa shape index (κ2) is 6.43. The maximum absolute atomic E-state index is 12.9. The molecule has 1 N–H and O–H groups in total. The molecule has 1 aromatic heterocycles. The molecule has 0 bridgehead atoms. The van der Waals surface area contributed by atoms with E-state index in [4.69, 9.17) is 4.74 Å². The summed E-state index contributed by atoms with van der Waals surface area (Å²) in [5, 5.41) is 3.01. The Hall–Kier alpha value is -2.31. The van der Waals surface area contributed by atoms with E-state index in [1.54, 1.807) is 0 Å². The van der Waals surface area contributed by atoms with Crippen molar-refractivity contribution in [2.24, 2.45) is 0 Å². The standard InChI is InChI=1S/C14H14F3N3O/c1-2-7-18-12-8-13(20-9-19-12)21-11-6-4-3-5-10(11)14(15,16)17/h3-6,8-9H,2,7H2,1H3,(H,18,19,20). The van der Waals surface area contributed by atoms with Gasteiger partial charge in [0.1, 0.15) is 17.9 Å². The molecule has 1 aromatic carbocycles. The van der Waals surface area contributed by atoms with Gasteiger partial charge < -0.3 is 10.1 Å². The Labute approximate surface area is 120 Å². The number of ether oxygens (including phenoxy) is 1. The highest BCUT2D eigenvalue weighted by Gasteiger charge is 2.34. The average molecular weight is 297 g/mol. The highest BCUT2D eigenvalue weighted by molar-refractivity contribution is 5.41. The molecule has 21 heavy (non-hydrogen) atoms. The van der Waals surface area contributed by atoms with Gasteiger partial charge in [0, 0.05) is 12.6 Å². The topological polar surface area (TPSA) is 47.0 Å². The third kappa shape index (κ3) is 4.08. The number of aromatic nitrogens is 2. The summed E-state index contributed by atoms with van der Waals surface area (Å²) in [5.74, 6) is 0.275. The summed E-state index contributed by atoms with van der Waals surface area (Å²) in [7, 11) is 0. The van der Waals surface area contributed by atoms with E-state index >= 15 is 0 Å². The first-order valence-corrected chi connectivity index (χ1v) is 6.40. The van der Waals surface area contributed by atoms with E-state index in [-0.39, 0.29) is 11.6 Å². The summed E-state index contributed by atoms with van der Waals surface area (Å²) >= 11 is 0. The number of halogens is 3. The summed E-state index contributed by atoms with van der Waals surface area (Å²) in [6.45, 7) is 2.70. The maximum atomic E-state index is 12.9. The highest BCUT2D eigenvalue weighted by Crippen LogP contribution is 2.37. The number of alkyl halides is 3. The van der Waals surface area contributed by atoms with Gasteiger partial charge >= 0.3 is 6.18 Å². The highest BCUT2D eigenvalue weighted by atomic mass is 19.4. The quantitative estimate of drug-likeness (QED) is 0.902. The third-order valence-electron chi connectivity index (χ3n) is 2.61. The number of hydrogen-bond acceptors (Lipinski definition) is 4. The van der Waals surface area contributed by atoms with Crippen LogP contribution in [0, 0.1) is 0 Å². The molecule has 0 unspecified atom stereocenters.